The summed E-state index contributed by atoms with van der Waals surface area (Å²) in [6.07, 6.45) is -7.73. The minimum Gasteiger partial charge on any atom is -0.452 e. The van der Waals surface area contributed by atoms with Gasteiger partial charge in [-0.3, -0.25) is 0 Å². The number of aliphatic hydroxyl groups excluding tert-OH is 1. The second kappa shape index (κ2) is 8.50. The van der Waals surface area contributed by atoms with Crippen molar-refractivity contribution in [1.82, 2.24) is 0 Å². The molecular weight excluding hydrogens is 486 g/mol. The zero-order valence-electron chi connectivity index (χ0n) is 19.0. The average molecular weight is 512 g/mol. The van der Waals surface area contributed by atoms with E-state index in [2.05, 4.69) is 4.74 Å². The third-order valence-corrected chi connectivity index (χ3v) is 8.20. The molecular formula is C23H26F6O6. The third-order valence-electron chi connectivity index (χ3n) is 8.20. The second-order valence-electron chi connectivity index (χ2n) is 10.0. The van der Waals surface area contributed by atoms with Crippen LogP contribution in [0.3, 0.4) is 0 Å². The van der Waals surface area contributed by atoms with Gasteiger partial charge >= 0.3 is 24.3 Å². The topological polar surface area (TPSA) is 82.1 Å². The maximum Gasteiger partial charge on any atom is 0.491 e. The summed E-state index contributed by atoms with van der Waals surface area (Å²) in [4.78, 5) is 22.9. The number of allylic oxidation sites excluding steroid dienone is 2. The molecule has 0 aromatic heterocycles. The van der Waals surface area contributed by atoms with Gasteiger partial charge in [0.05, 0.1) is 6.10 Å². The Morgan fingerprint density at radius 1 is 1.09 bits per heavy atom. The summed E-state index contributed by atoms with van der Waals surface area (Å²) in [5.41, 5.74) is 0.761. The number of fused-ring (bicyclic) bond motifs is 5. The molecule has 4 aliphatic carbocycles. The molecule has 1 N–H and O–H groups in total. The van der Waals surface area contributed by atoms with E-state index in [4.69, 9.17) is 9.47 Å². The van der Waals surface area contributed by atoms with E-state index in [0.717, 1.165) is 12.7 Å². The quantitative estimate of drug-likeness (QED) is 0.344. The van der Waals surface area contributed by atoms with Crippen molar-refractivity contribution in [2.45, 2.75) is 75.8 Å². The fourth-order valence-electron chi connectivity index (χ4n) is 6.63. The third kappa shape index (κ3) is 4.47. The van der Waals surface area contributed by atoms with E-state index in [1.165, 1.54) is 6.08 Å². The van der Waals surface area contributed by atoms with Crippen molar-refractivity contribution in [3.05, 3.63) is 23.3 Å². The summed E-state index contributed by atoms with van der Waals surface area (Å²) >= 11 is 0. The lowest BCUT2D eigenvalue weighted by Crippen LogP contribution is -2.49. The minimum absolute atomic E-state index is 0.0193. The number of esters is 2. The molecule has 4 rings (SSSR count). The summed E-state index contributed by atoms with van der Waals surface area (Å²) in [6.45, 7) is 1.74. The number of alkyl halides is 6. The zero-order chi connectivity index (χ0) is 26.0. The molecule has 0 aromatic rings. The fourth-order valence-corrected chi connectivity index (χ4v) is 6.63. The van der Waals surface area contributed by atoms with Crippen LogP contribution in [-0.4, -0.2) is 54.5 Å². The van der Waals surface area contributed by atoms with E-state index in [0.29, 0.717) is 31.3 Å². The first-order chi connectivity index (χ1) is 16.1. The van der Waals surface area contributed by atoms with E-state index in [9.17, 15) is 41.0 Å². The van der Waals surface area contributed by atoms with Crippen LogP contribution in [0.2, 0.25) is 0 Å². The number of hydrogen-bond donors (Lipinski definition) is 1. The van der Waals surface area contributed by atoms with Gasteiger partial charge in [-0.1, -0.05) is 13.0 Å². The first-order valence-corrected chi connectivity index (χ1v) is 11.3. The van der Waals surface area contributed by atoms with Gasteiger partial charge in [-0.05, 0) is 67.1 Å². The van der Waals surface area contributed by atoms with Gasteiger partial charge in [-0.2, -0.15) is 26.3 Å². The molecule has 3 fully saturated rings. The second-order valence-corrected chi connectivity index (χ2v) is 10.0. The molecule has 0 heterocycles. The molecule has 35 heavy (non-hydrogen) atoms. The van der Waals surface area contributed by atoms with E-state index < -0.39 is 47.7 Å². The highest BCUT2D eigenvalue weighted by atomic mass is 19.4. The Kier molecular flexibility index (Phi) is 6.31. The molecule has 6 nitrogen and oxygen atoms in total. The number of hydrogen-bond acceptors (Lipinski definition) is 6. The predicted octanol–water partition coefficient (Wildman–Crippen LogP) is 4.37. The van der Waals surface area contributed by atoms with Crippen LogP contribution in [0.4, 0.5) is 26.3 Å². The lowest BCUT2D eigenvalue weighted by atomic mass is 9.54. The number of carbonyl (C=O) groups is 2. The van der Waals surface area contributed by atoms with Crippen molar-refractivity contribution in [1.29, 1.82) is 0 Å². The molecule has 4 aliphatic rings. The molecule has 196 valence electrons. The molecule has 0 aromatic carbocycles. The van der Waals surface area contributed by atoms with Crippen LogP contribution in [0.5, 0.6) is 0 Å². The number of rotatable bonds is 3. The van der Waals surface area contributed by atoms with Crippen LogP contribution in [-0.2, 0) is 23.8 Å². The monoisotopic (exact) mass is 512 g/mol. The SMILES string of the molecule is COC1(OC(=O)C(F)(F)F)C=C2CC[C@@H]3[C@H](CC[C@@]4(C)[C@H]3C[C@@H](O)[C@@H]4OC(=O)C(F)(F)F)C2=CC1. The van der Waals surface area contributed by atoms with Gasteiger partial charge in [0.2, 0.25) is 5.79 Å². The van der Waals surface area contributed by atoms with Gasteiger partial charge in [-0.25, -0.2) is 9.59 Å². The molecule has 0 saturated heterocycles. The zero-order valence-corrected chi connectivity index (χ0v) is 19.0. The summed E-state index contributed by atoms with van der Waals surface area (Å²) in [7, 11) is 1.15. The maximum absolute atomic E-state index is 12.8. The fraction of sp³-hybridized carbons (Fsp3) is 0.739. The Morgan fingerprint density at radius 2 is 1.74 bits per heavy atom. The van der Waals surface area contributed by atoms with Gasteiger partial charge in [0.1, 0.15) is 6.10 Å². The standard InChI is InChI=1S/C23H26F6O6/c1-20-7-5-13-12-6-8-21(33-2,35-19(32)23(27,28)29)10-11(12)3-4-14(13)15(20)9-16(30)17(20)34-18(31)22(24,25)26/h6,10,13-17,30H,3-5,7-9H2,1-2H3/t13-,14-,15+,16-,17+,20+,21?/m1/s1. The van der Waals surface area contributed by atoms with Gasteiger partial charge < -0.3 is 19.3 Å². The lowest BCUT2D eigenvalue weighted by molar-refractivity contribution is -0.241. The van der Waals surface area contributed by atoms with E-state index in [1.807, 2.05) is 0 Å². The van der Waals surface area contributed by atoms with Crippen LogP contribution in [0.1, 0.15) is 45.4 Å². The summed E-state index contributed by atoms with van der Waals surface area (Å²) in [5.74, 6) is -6.81. The van der Waals surface area contributed by atoms with Gasteiger partial charge in [0.15, 0.2) is 0 Å². The molecule has 0 amide bonds. The molecule has 3 saturated carbocycles. The number of carbonyl (C=O) groups excluding carboxylic acids is 2. The van der Waals surface area contributed by atoms with Crippen molar-refractivity contribution >= 4 is 11.9 Å². The molecule has 0 aliphatic heterocycles. The van der Waals surface area contributed by atoms with Crippen LogP contribution >= 0.6 is 0 Å². The van der Waals surface area contributed by atoms with Crippen molar-refractivity contribution in [3.63, 3.8) is 0 Å². The van der Waals surface area contributed by atoms with Crippen molar-refractivity contribution in [2.24, 2.45) is 23.2 Å². The smallest absolute Gasteiger partial charge is 0.452 e. The van der Waals surface area contributed by atoms with Gasteiger partial charge in [0.25, 0.3) is 0 Å². The van der Waals surface area contributed by atoms with Crippen LogP contribution < -0.4 is 0 Å². The largest absolute Gasteiger partial charge is 0.491 e. The number of ether oxygens (including phenoxy) is 3. The highest BCUT2D eigenvalue weighted by Gasteiger charge is 2.61. The number of halogens is 6. The molecule has 12 heteroatoms. The summed E-state index contributed by atoms with van der Waals surface area (Å²) < 4.78 is 91.2. The van der Waals surface area contributed by atoms with Crippen LogP contribution in [0.15, 0.2) is 23.3 Å². The summed E-state index contributed by atoms with van der Waals surface area (Å²) in [5, 5.41) is 10.5. The Bertz CT molecular complexity index is 955. The van der Waals surface area contributed by atoms with E-state index in [-0.39, 0.29) is 30.6 Å². The summed E-state index contributed by atoms with van der Waals surface area (Å²) in [6, 6.07) is 0. The van der Waals surface area contributed by atoms with E-state index in [1.54, 1.807) is 13.0 Å². The molecule has 7 atom stereocenters. The lowest BCUT2D eigenvalue weighted by Gasteiger charge is -2.51. The number of methoxy groups -OCH3 is 1. The molecule has 0 bridgehead atoms. The molecule has 1 unspecified atom stereocenters. The highest BCUT2D eigenvalue weighted by Crippen LogP contribution is 2.62. The Balaban J connectivity index is 1.54. The predicted molar refractivity (Wildman–Crippen MR) is 106 cm³/mol. The molecule has 0 radical (unpaired) electrons. The van der Waals surface area contributed by atoms with Crippen molar-refractivity contribution in [2.75, 3.05) is 7.11 Å². The normalized spacial score (nSPS) is 38.9. The maximum atomic E-state index is 12.8. The number of aliphatic hydroxyl groups is 1. The van der Waals surface area contributed by atoms with Gasteiger partial charge in [0, 0.05) is 18.9 Å². The Labute approximate surface area is 197 Å². The van der Waals surface area contributed by atoms with Crippen molar-refractivity contribution in [3.8, 4) is 0 Å². The van der Waals surface area contributed by atoms with Crippen molar-refractivity contribution < 1.29 is 55.2 Å². The Hall–Kier alpha value is -2.08. The highest BCUT2D eigenvalue weighted by molar-refractivity contribution is 5.76. The van der Waals surface area contributed by atoms with E-state index >= 15 is 0 Å². The average Bonchev–Trinajstić information content (AvgIpc) is 3.02. The molecule has 0 spiro atoms. The minimum atomic E-state index is -5.17. The Morgan fingerprint density at radius 3 is 2.34 bits per heavy atom. The first kappa shape index (κ1) is 26.0. The van der Waals surface area contributed by atoms with Crippen LogP contribution in [0, 0.1) is 23.2 Å². The van der Waals surface area contributed by atoms with Crippen LogP contribution in [0.25, 0.3) is 0 Å². The van der Waals surface area contributed by atoms with Gasteiger partial charge in [-0.15, -0.1) is 0 Å². The first-order valence-electron chi connectivity index (χ1n) is 11.3.